The number of carbonyl (C=O) groups is 2. The van der Waals surface area contributed by atoms with E-state index in [1.54, 1.807) is 13.8 Å². The Morgan fingerprint density at radius 2 is 1.95 bits per heavy atom. The summed E-state index contributed by atoms with van der Waals surface area (Å²) in [5.41, 5.74) is -0.110. The van der Waals surface area contributed by atoms with Crippen molar-refractivity contribution in [3.63, 3.8) is 0 Å². The van der Waals surface area contributed by atoms with Gasteiger partial charge in [0.2, 0.25) is 5.91 Å². The van der Waals surface area contributed by atoms with Crippen LogP contribution in [0.15, 0.2) is 18.2 Å². The van der Waals surface area contributed by atoms with Crippen LogP contribution in [0.5, 0.6) is 0 Å². The number of hydrogen-bond donors (Lipinski definition) is 1. The summed E-state index contributed by atoms with van der Waals surface area (Å²) in [6, 6.07) is 2.82. The van der Waals surface area contributed by atoms with Gasteiger partial charge in [0.25, 0.3) is 0 Å². The van der Waals surface area contributed by atoms with Crippen molar-refractivity contribution >= 4 is 17.6 Å². The molecule has 0 unspecified atom stereocenters. The molecule has 1 N–H and O–H groups in total. The summed E-state index contributed by atoms with van der Waals surface area (Å²) in [6.45, 7) is 3.09. The first-order chi connectivity index (χ1) is 8.82. The molecule has 0 aliphatic heterocycles. The zero-order chi connectivity index (χ0) is 14.6. The third-order valence-corrected chi connectivity index (χ3v) is 2.51. The van der Waals surface area contributed by atoms with E-state index in [0.717, 1.165) is 17.0 Å². The van der Waals surface area contributed by atoms with Gasteiger partial charge in [-0.15, -0.1) is 0 Å². The first-order valence-corrected chi connectivity index (χ1v) is 5.81. The maximum absolute atomic E-state index is 13.7. The predicted molar refractivity (Wildman–Crippen MR) is 65.8 cm³/mol. The fraction of sp³-hybridized carbons (Fsp3) is 0.385. The molecule has 0 saturated heterocycles. The van der Waals surface area contributed by atoms with Gasteiger partial charge in [-0.05, 0) is 12.1 Å². The second-order valence-electron chi connectivity index (χ2n) is 4.38. The number of carboxylic acids is 1. The van der Waals surface area contributed by atoms with Crippen molar-refractivity contribution < 1.29 is 23.5 Å². The molecule has 0 aliphatic rings. The average Bonchev–Trinajstić information content (AvgIpc) is 2.30. The molecule has 1 amide bonds. The quantitative estimate of drug-likeness (QED) is 0.894. The van der Waals surface area contributed by atoms with Gasteiger partial charge in [0.1, 0.15) is 11.6 Å². The number of amides is 1. The minimum absolute atomic E-state index is 0.110. The summed E-state index contributed by atoms with van der Waals surface area (Å²) in [6.07, 6.45) is -0.310. The fourth-order valence-electron chi connectivity index (χ4n) is 1.57. The first kappa shape index (κ1) is 15.1. The van der Waals surface area contributed by atoms with E-state index in [2.05, 4.69) is 0 Å². The molecular weight excluding hydrogens is 256 g/mol. The van der Waals surface area contributed by atoms with E-state index in [1.807, 2.05) is 0 Å². The largest absolute Gasteiger partial charge is 0.481 e. The molecule has 1 aromatic rings. The lowest BCUT2D eigenvalue weighted by molar-refractivity contribution is -0.136. The van der Waals surface area contributed by atoms with Crippen LogP contribution in [0.25, 0.3) is 0 Å². The summed E-state index contributed by atoms with van der Waals surface area (Å²) in [5, 5.41) is 8.65. The number of carboxylic acid groups (broad SMARTS) is 1. The van der Waals surface area contributed by atoms with E-state index in [4.69, 9.17) is 5.11 Å². The summed E-state index contributed by atoms with van der Waals surface area (Å²) in [4.78, 5) is 23.6. The van der Waals surface area contributed by atoms with Gasteiger partial charge in [0.15, 0.2) is 0 Å². The van der Waals surface area contributed by atoms with E-state index < -0.39 is 29.4 Å². The van der Waals surface area contributed by atoms with Crippen LogP contribution in [0.2, 0.25) is 0 Å². The molecule has 0 spiro atoms. The predicted octanol–water partition coefficient (Wildman–Crippen LogP) is 2.43. The molecule has 0 heterocycles. The Morgan fingerprint density at radius 3 is 2.42 bits per heavy atom. The van der Waals surface area contributed by atoms with Crippen molar-refractivity contribution in [1.29, 1.82) is 0 Å². The van der Waals surface area contributed by atoms with Gasteiger partial charge in [-0.25, -0.2) is 8.78 Å². The maximum atomic E-state index is 13.7. The fourth-order valence-corrected chi connectivity index (χ4v) is 1.57. The highest BCUT2D eigenvalue weighted by molar-refractivity contribution is 5.95. The van der Waals surface area contributed by atoms with Crippen LogP contribution in [0.1, 0.15) is 20.3 Å². The first-order valence-electron chi connectivity index (χ1n) is 5.81. The van der Waals surface area contributed by atoms with Crippen LogP contribution < -0.4 is 4.90 Å². The molecule has 4 nitrogen and oxygen atoms in total. The van der Waals surface area contributed by atoms with Crippen LogP contribution in [0.3, 0.4) is 0 Å². The van der Waals surface area contributed by atoms with Gasteiger partial charge in [-0.3, -0.25) is 9.59 Å². The Labute approximate surface area is 109 Å². The van der Waals surface area contributed by atoms with Crippen LogP contribution >= 0.6 is 0 Å². The summed E-state index contributed by atoms with van der Waals surface area (Å²) >= 11 is 0. The Hall–Kier alpha value is -1.98. The number of aliphatic carboxylic acids is 1. The average molecular weight is 271 g/mol. The highest BCUT2D eigenvalue weighted by Crippen LogP contribution is 2.22. The molecule has 19 heavy (non-hydrogen) atoms. The van der Waals surface area contributed by atoms with Crippen molar-refractivity contribution in [2.75, 3.05) is 11.4 Å². The molecule has 0 fully saturated rings. The molecule has 0 aromatic heterocycles. The van der Waals surface area contributed by atoms with E-state index in [0.29, 0.717) is 6.07 Å². The number of anilines is 1. The number of rotatable bonds is 5. The van der Waals surface area contributed by atoms with Crippen molar-refractivity contribution in [3.8, 4) is 0 Å². The van der Waals surface area contributed by atoms with Crippen LogP contribution in [-0.2, 0) is 9.59 Å². The molecule has 0 radical (unpaired) electrons. The third-order valence-electron chi connectivity index (χ3n) is 2.51. The normalized spacial score (nSPS) is 10.6. The van der Waals surface area contributed by atoms with Crippen molar-refractivity contribution in [1.82, 2.24) is 0 Å². The highest BCUT2D eigenvalue weighted by Gasteiger charge is 2.22. The Bertz CT molecular complexity index is 489. The van der Waals surface area contributed by atoms with Gasteiger partial charge >= 0.3 is 5.97 Å². The molecule has 1 rings (SSSR count). The Kier molecular flexibility index (Phi) is 4.97. The Morgan fingerprint density at radius 1 is 1.32 bits per heavy atom. The monoisotopic (exact) mass is 271 g/mol. The minimum Gasteiger partial charge on any atom is -0.481 e. The lowest BCUT2D eigenvalue weighted by atomic mass is 10.1. The van der Waals surface area contributed by atoms with E-state index in [-0.39, 0.29) is 18.7 Å². The van der Waals surface area contributed by atoms with Crippen LogP contribution in [0, 0.1) is 17.6 Å². The molecular formula is C13H15F2NO3. The molecule has 1 aromatic carbocycles. The summed E-state index contributed by atoms with van der Waals surface area (Å²) < 4.78 is 26.5. The SMILES string of the molecule is CC(C)C(=O)N(CCC(=O)O)c1ccc(F)cc1F. The Balaban J connectivity index is 3.07. The lowest BCUT2D eigenvalue weighted by Crippen LogP contribution is -2.36. The molecule has 0 saturated carbocycles. The summed E-state index contributed by atoms with van der Waals surface area (Å²) in [7, 11) is 0. The van der Waals surface area contributed by atoms with E-state index in [9.17, 15) is 18.4 Å². The number of nitrogens with zero attached hydrogens (tertiary/aromatic N) is 1. The lowest BCUT2D eigenvalue weighted by Gasteiger charge is -2.24. The second kappa shape index (κ2) is 6.26. The van der Waals surface area contributed by atoms with Crippen molar-refractivity contribution in [3.05, 3.63) is 29.8 Å². The van der Waals surface area contributed by atoms with Gasteiger partial charge < -0.3 is 10.0 Å². The smallest absolute Gasteiger partial charge is 0.305 e. The maximum Gasteiger partial charge on any atom is 0.305 e. The molecule has 0 bridgehead atoms. The van der Waals surface area contributed by atoms with Crippen molar-refractivity contribution in [2.45, 2.75) is 20.3 Å². The number of halogens is 2. The van der Waals surface area contributed by atoms with Gasteiger partial charge in [-0.1, -0.05) is 13.8 Å². The van der Waals surface area contributed by atoms with E-state index in [1.165, 1.54) is 0 Å². The van der Waals surface area contributed by atoms with Gasteiger partial charge in [0, 0.05) is 18.5 Å². The van der Waals surface area contributed by atoms with Gasteiger partial charge in [-0.2, -0.15) is 0 Å². The molecule has 0 atom stereocenters. The zero-order valence-electron chi connectivity index (χ0n) is 10.7. The van der Waals surface area contributed by atoms with Crippen LogP contribution in [-0.4, -0.2) is 23.5 Å². The topological polar surface area (TPSA) is 57.6 Å². The van der Waals surface area contributed by atoms with Gasteiger partial charge in [0.05, 0.1) is 12.1 Å². The van der Waals surface area contributed by atoms with Crippen molar-refractivity contribution in [2.24, 2.45) is 5.92 Å². The second-order valence-corrected chi connectivity index (χ2v) is 4.38. The highest BCUT2D eigenvalue weighted by atomic mass is 19.1. The number of benzene rings is 1. The third kappa shape index (κ3) is 4.01. The zero-order valence-corrected chi connectivity index (χ0v) is 10.7. The van der Waals surface area contributed by atoms with Crippen LogP contribution in [0.4, 0.5) is 14.5 Å². The minimum atomic E-state index is -1.09. The molecule has 6 heteroatoms. The number of carbonyl (C=O) groups excluding carboxylic acids is 1. The summed E-state index contributed by atoms with van der Waals surface area (Å²) in [5.74, 6) is -3.56. The number of hydrogen-bond acceptors (Lipinski definition) is 2. The van der Waals surface area contributed by atoms with E-state index >= 15 is 0 Å². The molecule has 104 valence electrons. The molecule has 0 aliphatic carbocycles. The standard InChI is InChI=1S/C13H15F2NO3/c1-8(2)13(19)16(6-5-12(17)18)11-4-3-9(14)7-10(11)15/h3-4,7-8H,5-6H2,1-2H3,(H,17,18).